The van der Waals surface area contributed by atoms with E-state index >= 15 is 0 Å². The zero-order chi connectivity index (χ0) is 20.8. The number of carboxylic acids is 1. The molecule has 8 nitrogen and oxygen atoms in total. The van der Waals surface area contributed by atoms with Crippen LogP contribution in [0, 0.1) is 0 Å². The lowest BCUT2D eigenvalue weighted by Gasteiger charge is -2.20. The number of aliphatic carboxylic acids is 1. The average Bonchev–Trinajstić information content (AvgIpc) is 2.69. The molecule has 1 aromatic rings. The highest BCUT2D eigenvalue weighted by Crippen LogP contribution is 2.14. The molecule has 0 heterocycles. The molecule has 0 aliphatic heterocycles. The van der Waals surface area contributed by atoms with Gasteiger partial charge in [0.25, 0.3) is 0 Å². The number of aliphatic hydroxyl groups excluding tert-OH is 1. The Morgan fingerprint density at radius 3 is 2.46 bits per heavy atom. The summed E-state index contributed by atoms with van der Waals surface area (Å²) in [6.45, 7) is 4.43. The molecule has 0 bridgehead atoms. The number of unbranched alkanes of at least 4 members (excludes halogenated alkanes) is 3. The molecule has 0 radical (unpaired) electrons. The van der Waals surface area contributed by atoms with Gasteiger partial charge in [-0.1, -0.05) is 49.8 Å². The average molecular weight is 392 g/mol. The summed E-state index contributed by atoms with van der Waals surface area (Å²) in [6.07, 6.45) is 2.11. The van der Waals surface area contributed by atoms with Gasteiger partial charge in [-0.25, -0.2) is 9.59 Å². The van der Waals surface area contributed by atoms with Crippen LogP contribution in [-0.4, -0.2) is 47.4 Å². The van der Waals surface area contributed by atoms with Crippen molar-refractivity contribution in [3.8, 4) is 0 Å². The third-order valence-electron chi connectivity index (χ3n) is 4.15. The van der Waals surface area contributed by atoms with E-state index in [0.717, 1.165) is 31.2 Å². The lowest BCUT2D eigenvalue weighted by molar-refractivity contribution is -0.143. The summed E-state index contributed by atoms with van der Waals surface area (Å²) in [5, 5.41) is 23.7. The van der Waals surface area contributed by atoms with Crippen LogP contribution < -0.4 is 10.6 Å². The smallest absolute Gasteiger partial charge is 0.407 e. The van der Waals surface area contributed by atoms with E-state index in [1.165, 1.54) is 0 Å². The lowest BCUT2D eigenvalue weighted by Crippen LogP contribution is -2.46. The van der Waals surface area contributed by atoms with Gasteiger partial charge < -0.3 is 25.6 Å². The fourth-order valence-corrected chi connectivity index (χ4v) is 2.55. The first-order valence-corrected chi connectivity index (χ1v) is 9.18. The molecule has 1 aromatic carbocycles. The molecule has 0 saturated heterocycles. The van der Waals surface area contributed by atoms with Crippen molar-refractivity contribution in [2.45, 2.75) is 50.9 Å². The summed E-state index contributed by atoms with van der Waals surface area (Å²) in [6, 6.07) is 8.02. The summed E-state index contributed by atoms with van der Waals surface area (Å²) in [5.74, 6) is -1.31. The van der Waals surface area contributed by atoms with Crippen LogP contribution in [0.4, 0.5) is 4.79 Å². The van der Waals surface area contributed by atoms with E-state index in [4.69, 9.17) is 9.84 Å². The van der Waals surface area contributed by atoms with Crippen LogP contribution in [0.1, 0.15) is 37.7 Å². The Morgan fingerprint density at radius 2 is 1.82 bits per heavy atom. The van der Waals surface area contributed by atoms with Crippen LogP contribution in [0.15, 0.2) is 42.5 Å². The Labute approximate surface area is 164 Å². The molecule has 0 aliphatic carbocycles. The number of carbonyl (C=O) groups excluding carboxylic acids is 2. The fraction of sp³-hybridized carbons (Fsp3) is 0.450. The Balaban J connectivity index is 2.09. The minimum absolute atomic E-state index is 0.230. The van der Waals surface area contributed by atoms with Crippen molar-refractivity contribution in [2.24, 2.45) is 0 Å². The molecule has 2 atom stereocenters. The zero-order valence-corrected chi connectivity index (χ0v) is 15.8. The predicted octanol–water partition coefficient (Wildman–Crippen LogP) is 1.98. The zero-order valence-electron chi connectivity index (χ0n) is 15.8. The van der Waals surface area contributed by atoms with Gasteiger partial charge in [-0.2, -0.15) is 0 Å². The van der Waals surface area contributed by atoms with E-state index in [9.17, 15) is 19.5 Å². The number of carboxylic acid groups (broad SMARTS) is 1. The van der Waals surface area contributed by atoms with E-state index in [2.05, 4.69) is 17.2 Å². The summed E-state index contributed by atoms with van der Waals surface area (Å²) in [7, 11) is 0. The lowest BCUT2D eigenvalue weighted by atomic mass is 9.98. The van der Waals surface area contributed by atoms with Gasteiger partial charge >= 0.3 is 12.1 Å². The van der Waals surface area contributed by atoms with Crippen molar-refractivity contribution in [3.63, 3.8) is 0 Å². The maximum atomic E-state index is 11.6. The monoisotopic (exact) mass is 392 g/mol. The molecule has 0 aliphatic rings. The second-order valence-electron chi connectivity index (χ2n) is 6.36. The van der Waals surface area contributed by atoms with Crippen molar-refractivity contribution >= 4 is 18.5 Å². The normalized spacial score (nSPS) is 12.5. The molecule has 0 saturated carbocycles. The Bertz CT molecular complexity index is 635. The number of aliphatic hydroxyl groups is 1. The first kappa shape index (κ1) is 23.2. The van der Waals surface area contributed by atoms with Crippen LogP contribution in [0.5, 0.6) is 0 Å². The molecule has 1 rings (SSSR count). The van der Waals surface area contributed by atoms with Crippen molar-refractivity contribution < 1.29 is 29.3 Å². The number of benzene rings is 1. The highest BCUT2D eigenvalue weighted by atomic mass is 16.5. The molecule has 0 aromatic heterocycles. The van der Waals surface area contributed by atoms with Gasteiger partial charge in [-0.15, -0.1) is 0 Å². The van der Waals surface area contributed by atoms with Crippen LogP contribution in [0.25, 0.3) is 0 Å². The van der Waals surface area contributed by atoms with Crippen LogP contribution >= 0.6 is 0 Å². The third kappa shape index (κ3) is 9.18. The number of carbonyl (C=O) groups is 3. The van der Waals surface area contributed by atoms with Gasteiger partial charge in [0.15, 0.2) is 6.04 Å². The van der Waals surface area contributed by atoms with E-state index in [1.807, 2.05) is 30.3 Å². The first-order chi connectivity index (χ1) is 13.5. The maximum Gasteiger partial charge on any atom is 0.407 e. The molecule has 2 unspecified atom stereocenters. The summed E-state index contributed by atoms with van der Waals surface area (Å²) < 4.78 is 5.11. The molecular weight excluding hydrogens is 364 g/mol. The Kier molecular flexibility index (Phi) is 11.0. The van der Waals surface area contributed by atoms with Gasteiger partial charge in [0.2, 0.25) is 6.41 Å². The highest BCUT2D eigenvalue weighted by molar-refractivity contribution is 5.77. The molecule has 2 amide bonds. The van der Waals surface area contributed by atoms with Gasteiger partial charge in [0.05, 0.1) is 0 Å². The molecule has 28 heavy (non-hydrogen) atoms. The number of ether oxygens (including phenoxy) is 1. The van der Waals surface area contributed by atoms with E-state index in [-0.39, 0.29) is 13.0 Å². The van der Waals surface area contributed by atoms with Gasteiger partial charge in [-0.3, -0.25) is 4.79 Å². The van der Waals surface area contributed by atoms with Crippen LogP contribution in [-0.2, 0) is 20.9 Å². The van der Waals surface area contributed by atoms with E-state index < -0.39 is 24.2 Å². The number of alkyl carbamates (subject to hydrolysis) is 1. The SMILES string of the molecule is C=C(CCCCCCNC(=O)OCc1ccccc1)C(O)C(NC=O)C(=O)O. The van der Waals surface area contributed by atoms with Crippen molar-refractivity contribution in [1.82, 2.24) is 10.6 Å². The van der Waals surface area contributed by atoms with Gasteiger partial charge in [-0.05, 0) is 30.4 Å². The molecule has 8 heteroatoms. The molecule has 0 spiro atoms. The summed E-state index contributed by atoms with van der Waals surface area (Å²) >= 11 is 0. The second kappa shape index (κ2) is 13.3. The standard InChI is InChI=1S/C20H28N2O6/c1-15(18(24)17(19(25)26)22-14-23)9-5-2-3-8-12-21-20(27)28-13-16-10-6-4-7-11-16/h4,6-7,10-11,14,17-18,24H,1-3,5,8-9,12-13H2,(H,21,27)(H,22,23)(H,25,26). The van der Waals surface area contributed by atoms with Crippen molar-refractivity contribution in [2.75, 3.05) is 6.54 Å². The van der Waals surface area contributed by atoms with Crippen molar-refractivity contribution in [1.29, 1.82) is 0 Å². The minimum atomic E-state index is -1.39. The number of hydrogen-bond acceptors (Lipinski definition) is 5. The van der Waals surface area contributed by atoms with E-state index in [1.54, 1.807) is 0 Å². The quantitative estimate of drug-likeness (QED) is 0.218. The fourth-order valence-electron chi connectivity index (χ4n) is 2.55. The number of rotatable bonds is 14. The summed E-state index contributed by atoms with van der Waals surface area (Å²) in [5.41, 5.74) is 1.29. The highest BCUT2D eigenvalue weighted by Gasteiger charge is 2.27. The first-order valence-electron chi connectivity index (χ1n) is 9.18. The predicted molar refractivity (Wildman–Crippen MR) is 103 cm³/mol. The molecular formula is C20H28N2O6. The molecule has 4 N–H and O–H groups in total. The van der Waals surface area contributed by atoms with Crippen molar-refractivity contribution in [3.05, 3.63) is 48.0 Å². The molecule has 0 fully saturated rings. The number of hydrogen-bond donors (Lipinski definition) is 4. The second-order valence-corrected chi connectivity index (χ2v) is 6.36. The van der Waals surface area contributed by atoms with Crippen LogP contribution in [0.2, 0.25) is 0 Å². The van der Waals surface area contributed by atoms with Gasteiger partial charge in [0.1, 0.15) is 12.7 Å². The maximum absolute atomic E-state index is 11.6. The Hall–Kier alpha value is -2.87. The summed E-state index contributed by atoms with van der Waals surface area (Å²) in [4.78, 5) is 33.0. The number of amides is 2. The topological polar surface area (TPSA) is 125 Å². The third-order valence-corrected chi connectivity index (χ3v) is 4.15. The van der Waals surface area contributed by atoms with E-state index in [0.29, 0.717) is 18.5 Å². The molecule has 154 valence electrons. The largest absolute Gasteiger partial charge is 0.480 e. The van der Waals surface area contributed by atoms with Crippen LogP contribution in [0.3, 0.4) is 0 Å². The number of nitrogens with one attached hydrogen (secondary N) is 2. The van der Waals surface area contributed by atoms with Gasteiger partial charge in [0, 0.05) is 6.54 Å². The Morgan fingerprint density at radius 1 is 1.14 bits per heavy atom. The minimum Gasteiger partial charge on any atom is -0.480 e.